The Morgan fingerprint density at radius 3 is 2.56 bits per heavy atom. The zero-order valence-corrected chi connectivity index (χ0v) is 15.5. The van der Waals surface area contributed by atoms with Crippen molar-refractivity contribution in [3.05, 3.63) is 77.9 Å². The molecule has 0 radical (unpaired) electrons. The van der Waals surface area contributed by atoms with E-state index in [1.165, 1.54) is 0 Å². The van der Waals surface area contributed by atoms with Crippen LogP contribution in [0.25, 0.3) is 10.8 Å². The Morgan fingerprint density at radius 1 is 1.04 bits per heavy atom. The van der Waals surface area contributed by atoms with Crippen molar-refractivity contribution in [1.82, 2.24) is 5.32 Å². The van der Waals surface area contributed by atoms with Crippen LogP contribution in [-0.4, -0.2) is 24.2 Å². The second-order valence-corrected chi connectivity index (χ2v) is 6.52. The molecule has 0 saturated heterocycles. The highest BCUT2D eigenvalue weighted by molar-refractivity contribution is 5.94. The first-order valence-corrected chi connectivity index (χ1v) is 9.36. The van der Waals surface area contributed by atoms with Gasteiger partial charge in [0.2, 0.25) is 0 Å². The maximum atomic E-state index is 12.4. The van der Waals surface area contributed by atoms with Gasteiger partial charge in [-0.25, -0.2) is 0 Å². The third-order valence-corrected chi connectivity index (χ3v) is 4.52. The number of benzene rings is 3. The van der Waals surface area contributed by atoms with Crippen molar-refractivity contribution in [2.24, 2.45) is 0 Å². The standard InChI is InChI=1S/C23H25NO3/c1-2-3-15-27-19-13-11-18(12-14-19)23(26)24-16-22(25)21-10-6-8-17-7-4-5-9-20(17)21/h4-14,22,25H,2-3,15-16H2,1H3,(H,24,26)/t22-/m0/s1. The summed E-state index contributed by atoms with van der Waals surface area (Å²) >= 11 is 0. The molecule has 0 saturated carbocycles. The predicted octanol–water partition coefficient (Wildman–Crippen LogP) is 4.48. The van der Waals surface area contributed by atoms with E-state index in [0.717, 1.165) is 34.9 Å². The van der Waals surface area contributed by atoms with Gasteiger partial charge in [-0.3, -0.25) is 4.79 Å². The highest BCUT2D eigenvalue weighted by atomic mass is 16.5. The molecule has 0 aromatic heterocycles. The van der Waals surface area contributed by atoms with E-state index in [0.29, 0.717) is 12.2 Å². The molecule has 0 spiro atoms. The largest absolute Gasteiger partial charge is 0.494 e. The zero-order chi connectivity index (χ0) is 19.1. The van der Waals surface area contributed by atoms with E-state index in [4.69, 9.17) is 4.74 Å². The van der Waals surface area contributed by atoms with E-state index in [2.05, 4.69) is 12.2 Å². The molecule has 4 heteroatoms. The summed E-state index contributed by atoms with van der Waals surface area (Å²) in [5.41, 5.74) is 1.36. The van der Waals surface area contributed by atoms with Crippen LogP contribution in [-0.2, 0) is 0 Å². The summed E-state index contributed by atoms with van der Waals surface area (Å²) in [6, 6.07) is 20.8. The van der Waals surface area contributed by atoms with Gasteiger partial charge >= 0.3 is 0 Å². The van der Waals surface area contributed by atoms with Gasteiger partial charge in [-0.15, -0.1) is 0 Å². The van der Waals surface area contributed by atoms with Gasteiger partial charge in [-0.1, -0.05) is 55.8 Å². The van der Waals surface area contributed by atoms with Gasteiger partial charge in [-0.05, 0) is 47.0 Å². The molecule has 0 fully saturated rings. The molecule has 0 aliphatic rings. The maximum absolute atomic E-state index is 12.4. The van der Waals surface area contributed by atoms with E-state index >= 15 is 0 Å². The Labute approximate surface area is 159 Å². The van der Waals surface area contributed by atoms with Crippen molar-refractivity contribution in [2.45, 2.75) is 25.9 Å². The summed E-state index contributed by atoms with van der Waals surface area (Å²) < 4.78 is 5.61. The minimum absolute atomic E-state index is 0.154. The normalized spacial score (nSPS) is 11.9. The molecule has 0 aliphatic carbocycles. The number of amides is 1. The lowest BCUT2D eigenvalue weighted by molar-refractivity contribution is 0.0917. The van der Waals surface area contributed by atoms with E-state index in [9.17, 15) is 9.90 Å². The Bertz CT molecular complexity index is 884. The lowest BCUT2D eigenvalue weighted by atomic mass is 10.0. The van der Waals surface area contributed by atoms with Crippen LogP contribution in [0.1, 0.15) is 41.8 Å². The quantitative estimate of drug-likeness (QED) is 0.580. The van der Waals surface area contributed by atoms with Crippen LogP contribution in [0.3, 0.4) is 0 Å². The van der Waals surface area contributed by atoms with Gasteiger partial charge in [0.25, 0.3) is 5.91 Å². The van der Waals surface area contributed by atoms with Crippen molar-refractivity contribution in [3.63, 3.8) is 0 Å². The number of aliphatic hydroxyl groups is 1. The molecule has 27 heavy (non-hydrogen) atoms. The molecule has 1 amide bonds. The second-order valence-electron chi connectivity index (χ2n) is 6.52. The van der Waals surface area contributed by atoms with Gasteiger partial charge in [0.05, 0.1) is 12.7 Å². The number of hydrogen-bond donors (Lipinski definition) is 2. The molecular weight excluding hydrogens is 338 g/mol. The zero-order valence-electron chi connectivity index (χ0n) is 15.5. The number of nitrogens with one attached hydrogen (secondary N) is 1. The van der Waals surface area contributed by atoms with Gasteiger partial charge < -0.3 is 15.2 Å². The van der Waals surface area contributed by atoms with E-state index in [1.807, 2.05) is 42.5 Å². The lowest BCUT2D eigenvalue weighted by Gasteiger charge is -2.15. The van der Waals surface area contributed by atoms with Gasteiger partial charge in [0, 0.05) is 12.1 Å². The summed E-state index contributed by atoms with van der Waals surface area (Å²) in [4.78, 5) is 12.4. The molecule has 1 atom stereocenters. The third kappa shape index (κ3) is 4.86. The minimum atomic E-state index is -0.767. The van der Waals surface area contributed by atoms with Gasteiger partial charge in [0.1, 0.15) is 5.75 Å². The fraction of sp³-hybridized carbons (Fsp3) is 0.261. The lowest BCUT2D eigenvalue weighted by Crippen LogP contribution is -2.28. The number of carbonyl (C=O) groups is 1. The first-order chi connectivity index (χ1) is 13.2. The molecule has 0 unspecified atom stereocenters. The van der Waals surface area contributed by atoms with Crippen LogP contribution in [0.5, 0.6) is 5.75 Å². The molecule has 4 nitrogen and oxygen atoms in total. The van der Waals surface area contributed by atoms with E-state index < -0.39 is 6.10 Å². The Hall–Kier alpha value is -2.85. The van der Waals surface area contributed by atoms with Crippen molar-refractivity contribution < 1.29 is 14.6 Å². The van der Waals surface area contributed by atoms with Gasteiger partial charge in [0.15, 0.2) is 0 Å². The average Bonchev–Trinajstić information content (AvgIpc) is 2.72. The molecule has 2 N–H and O–H groups in total. The van der Waals surface area contributed by atoms with E-state index in [1.54, 1.807) is 24.3 Å². The number of ether oxygens (including phenoxy) is 1. The molecule has 0 heterocycles. The minimum Gasteiger partial charge on any atom is -0.494 e. The number of carbonyl (C=O) groups excluding carboxylic acids is 1. The number of hydrogen-bond acceptors (Lipinski definition) is 3. The number of fused-ring (bicyclic) bond motifs is 1. The van der Waals surface area contributed by atoms with Crippen molar-refractivity contribution in [3.8, 4) is 5.75 Å². The summed E-state index contributed by atoms with van der Waals surface area (Å²) in [5.74, 6) is 0.546. The SMILES string of the molecule is CCCCOc1ccc(C(=O)NC[C@H](O)c2cccc3ccccc23)cc1. The maximum Gasteiger partial charge on any atom is 0.251 e. The predicted molar refractivity (Wildman–Crippen MR) is 108 cm³/mol. The summed E-state index contributed by atoms with van der Waals surface area (Å²) in [7, 11) is 0. The highest BCUT2D eigenvalue weighted by Crippen LogP contribution is 2.24. The molecule has 0 aliphatic heterocycles. The molecule has 0 bridgehead atoms. The van der Waals surface area contributed by atoms with Crippen LogP contribution in [0.4, 0.5) is 0 Å². The molecule has 3 aromatic rings. The van der Waals surface area contributed by atoms with Crippen LogP contribution in [0.15, 0.2) is 66.7 Å². The molecule has 140 valence electrons. The topological polar surface area (TPSA) is 58.6 Å². The number of rotatable bonds is 8. The monoisotopic (exact) mass is 363 g/mol. The Balaban J connectivity index is 1.59. The van der Waals surface area contributed by atoms with Crippen LogP contribution in [0.2, 0.25) is 0 Å². The highest BCUT2D eigenvalue weighted by Gasteiger charge is 2.13. The smallest absolute Gasteiger partial charge is 0.251 e. The van der Waals surface area contributed by atoms with Crippen molar-refractivity contribution in [1.29, 1.82) is 0 Å². The summed E-state index contributed by atoms with van der Waals surface area (Å²) in [6.07, 6.45) is 1.32. The average molecular weight is 363 g/mol. The van der Waals surface area contributed by atoms with Crippen LogP contribution < -0.4 is 10.1 Å². The fourth-order valence-corrected chi connectivity index (χ4v) is 2.98. The Kier molecular flexibility index (Phi) is 6.44. The Morgan fingerprint density at radius 2 is 1.78 bits per heavy atom. The van der Waals surface area contributed by atoms with Crippen LogP contribution >= 0.6 is 0 Å². The first kappa shape index (κ1) is 18.9. The van der Waals surface area contributed by atoms with Crippen molar-refractivity contribution >= 4 is 16.7 Å². The molecule has 3 aromatic carbocycles. The number of unbranched alkanes of at least 4 members (excludes halogenated alkanes) is 1. The fourth-order valence-electron chi connectivity index (χ4n) is 2.98. The number of aliphatic hydroxyl groups excluding tert-OH is 1. The summed E-state index contributed by atoms with van der Waals surface area (Å²) in [6.45, 7) is 2.95. The molecular formula is C23H25NO3. The second kappa shape index (κ2) is 9.19. The van der Waals surface area contributed by atoms with E-state index in [-0.39, 0.29) is 12.5 Å². The summed E-state index contributed by atoms with van der Waals surface area (Å²) in [5, 5.41) is 15.4. The first-order valence-electron chi connectivity index (χ1n) is 9.36. The molecule has 3 rings (SSSR count). The third-order valence-electron chi connectivity index (χ3n) is 4.52. The van der Waals surface area contributed by atoms with Crippen LogP contribution in [0, 0.1) is 0 Å². The van der Waals surface area contributed by atoms with Gasteiger partial charge in [-0.2, -0.15) is 0 Å². The van der Waals surface area contributed by atoms with Crippen molar-refractivity contribution in [2.75, 3.05) is 13.2 Å².